The first-order chi connectivity index (χ1) is 11.3. The Morgan fingerprint density at radius 2 is 1.87 bits per heavy atom. The zero-order chi connectivity index (χ0) is 15.4. The van der Waals surface area contributed by atoms with Crippen LogP contribution in [0.15, 0.2) is 30.6 Å². The van der Waals surface area contributed by atoms with Gasteiger partial charge >= 0.3 is 0 Å². The van der Waals surface area contributed by atoms with Crippen LogP contribution in [0.25, 0.3) is 27.3 Å². The largest absolute Gasteiger partial charge is 0.265 e. The van der Waals surface area contributed by atoms with Crippen molar-refractivity contribution in [1.29, 1.82) is 0 Å². The lowest BCUT2D eigenvalue weighted by Gasteiger charge is -2.10. The standard InChI is InChI=1S/C17H13FN4S/c18-11-7-5-10(6-8-11)15-20-21-16-14-12-3-1-2-4-13(12)23-17(14)19-9-22(15)16/h5-9H,1-4H2. The Bertz CT molecular complexity index is 1030. The summed E-state index contributed by atoms with van der Waals surface area (Å²) in [5.41, 5.74) is 3.09. The van der Waals surface area contributed by atoms with E-state index in [9.17, 15) is 4.39 Å². The van der Waals surface area contributed by atoms with Crippen LogP contribution in [-0.2, 0) is 12.8 Å². The van der Waals surface area contributed by atoms with Gasteiger partial charge < -0.3 is 0 Å². The number of rotatable bonds is 1. The first kappa shape index (κ1) is 13.1. The molecule has 0 aliphatic heterocycles. The first-order valence-corrected chi connectivity index (χ1v) is 8.53. The van der Waals surface area contributed by atoms with E-state index < -0.39 is 0 Å². The maximum absolute atomic E-state index is 13.1. The van der Waals surface area contributed by atoms with Crippen LogP contribution in [0.4, 0.5) is 4.39 Å². The lowest BCUT2D eigenvalue weighted by Crippen LogP contribution is -1.99. The van der Waals surface area contributed by atoms with Crippen molar-refractivity contribution < 1.29 is 4.39 Å². The van der Waals surface area contributed by atoms with Crippen LogP contribution in [-0.4, -0.2) is 19.6 Å². The van der Waals surface area contributed by atoms with Crippen LogP contribution in [0.1, 0.15) is 23.3 Å². The molecule has 23 heavy (non-hydrogen) atoms. The van der Waals surface area contributed by atoms with Crippen molar-refractivity contribution in [3.63, 3.8) is 0 Å². The summed E-state index contributed by atoms with van der Waals surface area (Å²) in [6, 6.07) is 6.32. The summed E-state index contributed by atoms with van der Waals surface area (Å²) in [4.78, 5) is 7.10. The van der Waals surface area contributed by atoms with Gasteiger partial charge in [-0.05, 0) is 55.5 Å². The molecule has 4 nitrogen and oxygen atoms in total. The van der Waals surface area contributed by atoms with Gasteiger partial charge in [0.15, 0.2) is 11.5 Å². The van der Waals surface area contributed by atoms with E-state index in [-0.39, 0.29) is 5.82 Å². The van der Waals surface area contributed by atoms with Gasteiger partial charge in [-0.3, -0.25) is 4.40 Å². The molecule has 5 rings (SSSR count). The van der Waals surface area contributed by atoms with Crippen molar-refractivity contribution in [1.82, 2.24) is 19.6 Å². The highest BCUT2D eigenvalue weighted by molar-refractivity contribution is 7.19. The molecule has 1 aliphatic rings. The summed E-state index contributed by atoms with van der Waals surface area (Å²) < 4.78 is 15.1. The fourth-order valence-corrected chi connectivity index (χ4v) is 4.57. The topological polar surface area (TPSA) is 43.1 Å². The van der Waals surface area contributed by atoms with Gasteiger partial charge in [0, 0.05) is 10.4 Å². The number of hydrogen-bond acceptors (Lipinski definition) is 4. The molecule has 0 amide bonds. The zero-order valence-corrected chi connectivity index (χ0v) is 13.1. The van der Waals surface area contributed by atoms with E-state index in [1.165, 1.54) is 35.4 Å². The van der Waals surface area contributed by atoms with Gasteiger partial charge in [0.05, 0.1) is 5.39 Å². The second-order valence-electron chi connectivity index (χ2n) is 5.86. The minimum absolute atomic E-state index is 0.255. The normalized spacial score (nSPS) is 14.5. The predicted octanol–water partition coefficient (Wildman–Crippen LogP) is 4.02. The molecule has 1 aromatic carbocycles. The molecule has 0 N–H and O–H groups in total. The van der Waals surface area contributed by atoms with Crippen LogP contribution < -0.4 is 0 Å². The maximum Gasteiger partial charge on any atom is 0.172 e. The van der Waals surface area contributed by atoms with Gasteiger partial charge in [-0.1, -0.05) is 0 Å². The van der Waals surface area contributed by atoms with E-state index in [0.717, 1.165) is 34.3 Å². The summed E-state index contributed by atoms with van der Waals surface area (Å²) in [6.45, 7) is 0. The molecule has 0 unspecified atom stereocenters. The number of halogens is 1. The Kier molecular flexibility index (Phi) is 2.76. The minimum Gasteiger partial charge on any atom is -0.265 e. The molecule has 0 atom stereocenters. The van der Waals surface area contributed by atoms with Gasteiger partial charge in [-0.25, -0.2) is 9.37 Å². The van der Waals surface area contributed by atoms with Crippen LogP contribution in [0.5, 0.6) is 0 Å². The Hall–Kier alpha value is -2.34. The predicted molar refractivity (Wildman–Crippen MR) is 88.2 cm³/mol. The van der Waals surface area contributed by atoms with Crippen LogP contribution in [0, 0.1) is 5.82 Å². The Labute approximate surface area is 135 Å². The number of fused-ring (bicyclic) bond motifs is 5. The van der Waals surface area contributed by atoms with E-state index in [2.05, 4.69) is 15.2 Å². The zero-order valence-electron chi connectivity index (χ0n) is 12.3. The van der Waals surface area contributed by atoms with Crippen molar-refractivity contribution >= 4 is 27.2 Å². The Balaban J connectivity index is 1.79. The second-order valence-corrected chi connectivity index (χ2v) is 6.94. The van der Waals surface area contributed by atoms with Gasteiger partial charge in [-0.2, -0.15) is 0 Å². The number of thiophene rings is 1. The molecule has 3 heterocycles. The SMILES string of the molecule is Fc1ccc(-c2nnc3c4c5c(sc4ncn23)CCCC5)cc1. The highest BCUT2D eigenvalue weighted by atomic mass is 32.1. The number of aryl methyl sites for hydroxylation is 2. The van der Waals surface area contributed by atoms with E-state index >= 15 is 0 Å². The summed E-state index contributed by atoms with van der Waals surface area (Å²) >= 11 is 1.78. The molecule has 0 saturated carbocycles. The Morgan fingerprint density at radius 3 is 2.74 bits per heavy atom. The third kappa shape index (κ3) is 1.91. The van der Waals surface area contributed by atoms with Gasteiger partial charge in [0.2, 0.25) is 0 Å². The number of nitrogens with zero attached hydrogens (tertiary/aromatic N) is 4. The molecule has 0 saturated heterocycles. The number of aromatic nitrogens is 4. The molecular weight excluding hydrogens is 311 g/mol. The summed E-state index contributed by atoms with van der Waals surface area (Å²) in [6.07, 6.45) is 6.48. The fraction of sp³-hybridized carbons (Fsp3) is 0.235. The third-order valence-electron chi connectivity index (χ3n) is 4.47. The average molecular weight is 324 g/mol. The van der Waals surface area contributed by atoms with Crippen molar-refractivity contribution in [2.75, 3.05) is 0 Å². The lowest BCUT2D eigenvalue weighted by molar-refractivity contribution is 0.628. The van der Waals surface area contributed by atoms with Crippen molar-refractivity contribution in [3.8, 4) is 11.4 Å². The van der Waals surface area contributed by atoms with Crippen molar-refractivity contribution in [2.45, 2.75) is 25.7 Å². The highest BCUT2D eigenvalue weighted by Gasteiger charge is 2.21. The smallest absolute Gasteiger partial charge is 0.172 e. The van der Waals surface area contributed by atoms with Crippen LogP contribution in [0.2, 0.25) is 0 Å². The molecule has 6 heteroatoms. The maximum atomic E-state index is 13.1. The van der Waals surface area contributed by atoms with Crippen LogP contribution in [0.3, 0.4) is 0 Å². The molecule has 0 spiro atoms. The molecule has 114 valence electrons. The molecule has 3 aromatic heterocycles. The molecule has 0 bridgehead atoms. The first-order valence-electron chi connectivity index (χ1n) is 7.71. The quantitative estimate of drug-likeness (QED) is 0.531. The van der Waals surface area contributed by atoms with E-state index in [1.807, 2.05) is 4.40 Å². The third-order valence-corrected chi connectivity index (χ3v) is 5.66. The van der Waals surface area contributed by atoms with Gasteiger partial charge in [0.25, 0.3) is 0 Å². The van der Waals surface area contributed by atoms with E-state index in [0.29, 0.717) is 5.82 Å². The van der Waals surface area contributed by atoms with Crippen molar-refractivity contribution in [3.05, 3.63) is 46.9 Å². The van der Waals surface area contributed by atoms with Crippen molar-refractivity contribution in [2.24, 2.45) is 0 Å². The molecule has 4 aromatic rings. The summed E-state index contributed by atoms with van der Waals surface area (Å²) in [5.74, 6) is 0.445. The molecule has 0 radical (unpaired) electrons. The summed E-state index contributed by atoms with van der Waals surface area (Å²) in [7, 11) is 0. The highest BCUT2D eigenvalue weighted by Crippen LogP contribution is 2.37. The van der Waals surface area contributed by atoms with E-state index in [4.69, 9.17) is 0 Å². The molecular formula is C17H13FN4S. The monoisotopic (exact) mass is 324 g/mol. The lowest BCUT2D eigenvalue weighted by atomic mass is 9.97. The van der Waals surface area contributed by atoms with Gasteiger partial charge in [0.1, 0.15) is 17.0 Å². The second kappa shape index (κ2) is 4.83. The van der Waals surface area contributed by atoms with E-state index in [1.54, 1.807) is 29.8 Å². The Morgan fingerprint density at radius 1 is 1.04 bits per heavy atom. The number of hydrogen-bond donors (Lipinski definition) is 0. The fourth-order valence-electron chi connectivity index (χ4n) is 3.35. The molecule has 0 fully saturated rings. The minimum atomic E-state index is -0.255. The number of benzene rings is 1. The average Bonchev–Trinajstić information content (AvgIpc) is 3.16. The molecule has 1 aliphatic carbocycles. The van der Waals surface area contributed by atoms with Gasteiger partial charge in [-0.15, -0.1) is 21.5 Å². The summed E-state index contributed by atoms with van der Waals surface area (Å²) in [5, 5.41) is 9.89. The van der Waals surface area contributed by atoms with Crippen LogP contribution >= 0.6 is 11.3 Å².